The van der Waals surface area contributed by atoms with Crippen LogP contribution in [0.15, 0.2) is 40.2 Å². The van der Waals surface area contributed by atoms with E-state index in [1.165, 1.54) is 10.4 Å². The molecule has 2 aromatic rings. The van der Waals surface area contributed by atoms with Crippen molar-refractivity contribution in [3.8, 4) is 5.75 Å². The standard InChI is InChI=1S/C14H16BrNOS/c1-16-13(14-8-11(17-2)9-18-14)7-10-5-3-4-6-12(10)15/h3-6,8-9,13,16H,7H2,1-2H3. The minimum atomic E-state index is 0.317. The van der Waals surface area contributed by atoms with E-state index >= 15 is 0 Å². The molecule has 4 heteroatoms. The maximum atomic E-state index is 5.24. The van der Waals surface area contributed by atoms with Gasteiger partial charge in [0.05, 0.1) is 7.11 Å². The maximum Gasteiger partial charge on any atom is 0.129 e. The van der Waals surface area contributed by atoms with Crippen molar-refractivity contribution in [2.45, 2.75) is 12.5 Å². The highest BCUT2D eigenvalue weighted by molar-refractivity contribution is 9.10. The largest absolute Gasteiger partial charge is 0.496 e. The molecule has 1 unspecified atom stereocenters. The molecule has 18 heavy (non-hydrogen) atoms. The van der Waals surface area contributed by atoms with Gasteiger partial charge in [0.2, 0.25) is 0 Å². The lowest BCUT2D eigenvalue weighted by atomic mass is 10.0. The summed E-state index contributed by atoms with van der Waals surface area (Å²) in [7, 11) is 3.70. The van der Waals surface area contributed by atoms with Gasteiger partial charge in [0.1, 0.15) is 5.75 Å². The molecule has 1 aromatic carbocycles. The van der Waals surface area contributed by atoms with Crippen LogP contribution in [0.5, 0.6) is 5.75 Å². The molecule has 2 rings (SSSR count). The maximum absolute atomic E-state index is 5.24. The first kappa shape index (κ1) is 13.6. The van der Waals surface area contributed by atoms with E-state index in [2.05, 4.69) is 45.5 Å². The fourth-order valence-electron chi connectivity index (χ4n) is 1.85. The Morgan fingerprint density at radius 3 is 2.78 bits per heavy atom. The normalized spacial score (nSPS) is 12.4. The highest BCUT2D eigenvalue weighted by atomic mass is 79.9. The molecular weight excluding hydrogens is 310 g/mol. The van der Waals surface area contributed by atoms with Crippen LogP contribution in [0.1, 0.15) is 16.5 Å². The molecule has 1 heterocycles. The van der Waals surface area contributed by atoms with Gasteiger partial charge in [0, 0.05) is 20.8 Å². The van der Waals surface area contributed by atoms with Crippen LogP contribution in [0.4, 0.5) is 0 Å². The summed E-state index contributed by atoms with van der Waals surface area (Å²) in [5, 5.41) is 5.41. The summed E-state index contributed by atoms with van der Waals surface area (Å²) in [5.41, 5.74) is 1.31. The van der Waals surface area contributed by atoms with Crippen molar-refractivity contribution < 1.29 is 4.74 Å². The van der Waals surface area contributed by atoms with Crippen LogP contribution < -0.4 is 10.1 Å². The highest BCUT2D eigenvalue weighted by Gasteiger charge is 2.14. The van der Waals surface area contributed by atoms with E-state index in [0.717, 1.165) is 16.6 Å². The number of benzene rings is 1. The number of likely N-dealkylation sites (N-methyl/N-ethyl adjacent to an activating group) is 1. The van der Waals surface area contributed by atoms with Gasteiger partial charge >= 0.3 is 0 Å². The van der Waals surface area contributed by atoms with Crippen molar-refractivity contribution in [1.29, 1.82) is 0 Å². The number of hydrogen-bond acceptors (Lipinski definition) is 3. The molecule has 0 saturated heterocycles. The summed E-state index contributed by atoms with van der Waals surface area (Å²) in [5.74, 6) is 0.933. The minimum absolute atomic E-state index is 0.317. The Kier molecular flexibility index (Phi) is 4.80. The number of methoxy groups -OCH3 is 1. The van der Waals surface area contributed by atoms with Crippen LogP contribution in [-0.4, -0.2) is 14.2 Å². The molecule has 0 radical (unpaired) electrons. The van der Waals surface area contributed by atoms with Gasteiger partial charge in [0.25, 0.3) is 0 Å². The molecule has 0 fully saturated rings. The van der Waals surface area contributed by atoms with Crippen molar-refractivity contribution in [3.05, 3.63) is 50.6 Å². The van der Waals surface area contributed by atoms with Crippen LogP contribution >= 0.6 is 27.3 Å². The molecule has 1 aromatic heterocycles. The lowest BCUT2D eigenvalue weighted by Crippen LogP contribution is -2.17. The predicted molar refractivity (Wildman–Crippen MR) is 80.5 cm³/mol. The molecule has 0 aliphatic rings. The molecule has 0 amide bonds. The van der Waals surface area contributed by atoms with Gasteiger partial charge in [-0.25, -0.2) is 0 Å². The molecular formula is C14H16BrNOS. The van der Waals surface area contributed by atoms with Crippen molar-refractivity contribution in [2.24, 2.45) is 0 Å². The summed E-state index contributed by atoms with van der Waals surface area (Å²) in [6, 6.07) is 10.8. The average Bonchev–Trinajstić information content (AvgIpc) is 2.86. The van der Waals surface area contributed by atoms with Crippen LogP contribution in [-0.2, 0) is 6.42 Å². The number of halogens is 1. The third kappa shape index (κ3) is 3.13. The van der Waals surface area contributed by atoms with Crippen molar-refractivity contribution >= 4 is 27.3 Å². The molecule has 1 atom stereocenters. The molecule has 1 N–H and O–H groups in total. The summed E-state index contributed by atoms with van der Waals surface area (Å²) in [6.45, 7) is 0. The smallest absolute Gasteiger partial charge is 0.129 e. The molecule has 0 spiro atoms. The number of thiophene rings is 1. The fourth-order valence-corrected chi connectivity index (χ4v) is 3.27. The first-order chi connectivity index (χ1) is 8.74. The van der Waals surface area contributed by atoms with E-state index in [4.69, 9.17) is 4.74 Å². The third-order valence-corrected chi connectivity index (χ3v) is 4.70. The second-order valence-electron chi connectivity index (χ2n) is 4.03. The van der Waals surface area contributed by atoms with Crippen LogP contribution in [0.3, 0.4) is 0 Å². The third-order valence-electron chi connectivity index (χ3n) is 2.91. The quantitative estimate of drug-likeness (QED) is 0.896. The topological polar surface area (TPSA) is 21.3 Å². The lowest BCUT2D eigenvalue weighted by Gasteiger charge is -2.15. The Hall–Kier alpha value is -0.840. The predicted octanol–water partition coefficient (Wildman–Crippen LogP) is 4.02. The van der Waals surface area contributed by atoms with E-state index in [-0.39, 0.29) is 0 Å². The zero-order chi connectivity index (χ0) is 13.0. The van der Waals surface area contributed by atoms with Gasteiger partial charge in [-0.2, -0.15) is 0 Å². The van der Waals surface area contributed by atoms with Crippen LogP contribution in [0.25, 0.3) is 0 Å². The fraction of sp³-hybridized carbons (Fsp3) is 0.286. The van der Waals surface area contributed by atoms with Gasteiger partial charge in [0.15, 0.2) is 0 Å². The summed E-state index contributed by atoms with van der Waals surface area (Å²) in [6.07, 6.45) is 0.960. The van der Waals surface area contributed by atoms with Crippen molar-refractivity contribution in [2.75, 3.05) is 14.2 Å². The Morgan fingerprint density at radius 1 is 1.39 bits per heavy atom. The van der Waals surface area contributed by atoms with Gasteiger partial charge in [-0.15, -0.1) is 11.3 Å². The Bertz CT molecular complexity index is 512. The molecule has 0 aliphatic carbocycles. The van der Waals surface area contributed by atoms with Gasteiger partial charge < -0.3 is 10.1 Å². The SMILES string of the molecule is CNC(Cc1ccccc1Br)c1cc(OC)cs1. The number of ether oxygens (including phenoxy) is 1. The highest BCUT2D eigenvalue weighted by Crippen LogP contribution is 2.30. The van der Waals surface area contributed by atoms with Crippen LogP contribution in [0.2, 0.25) is 0 Å². The summed E-state index contributed by atoms with van der Waals surface area (Å²) < 4.78 is 6.40. The Labute approximate surface area is 120 Å². The van der Waals surface area contributed by atoms with E-state index in [0.29, 0.717) is 6.04 Å². The number of rotatable bonds is 5. The molecule has 96 valence electrons. The monoisotopic (exact) mass is 325 g/mol. The Morgan fingerprint density at radius 2 is 2.17 bits per heavy atom. The first-order valence-electron chi connectivity index (χ1n) is 5.77. The van der Waals surface area contributed by atoms with Gasteiger partial charge in [-0.1, -0.05) is 34.1 Å². The zero-order valence-corrected chi connectivity index (χ0v) is 12.8. The van der Waals surface area contributed by atoms with Gasteiger partial charge in [-0.05, 0) is 31.2 Å². The second kappa shape index (κ2) is 6.36. The minimum Gasteiger partial charge on any atom is -0.496 e. The number of hydrogen-bond donors (Lipinski definition) is 1. The molecule has 0 aliphatic heterocycles. The van der Waals surface area contributed by atoms with Gasteiger partial charge in [-0.3, -0.25) is 0 Å². The first-order valence-corrected chi connectivity index (χ1v) is 7.45. The van der Waals surface area contributed by atoms with Crippen molar-refractivity contribution in [3.63, 3.8) is 0 Å². The lowest BCUT2D eigenvalue weighted by molar-refractivity contribution is 0.416. The number of nitrogens with one attached hydrogen (secondary N) is 1. The van der Waals surface area contributed by atoms with E-state index in [1.807, 2.05) is 18.5 Å². The summed E-state index contributed by atoms with van der Waals surface area (Å²) in [4.78, 5) is 1.30. The molecule has 2 nitrogen and oxygen atoms in total. The van der Waals surface area contributed by atoms with E-state index in [1.54, 1.807) is 18.4 Å². The molecule has 0 saturated carbocycles. The van der Waals surface area contributed by atoms with E-state index < -0.39 is 0 Å². The average molecular weight is 326 g/mol. The Balaban J connectivity index is 2.17. The van der Waals surface area contributed by atoms with Crippen molar-refractivity contribution in [1.82, 2.24) is 5.32 Å². The van der Waals surface area contributed by atoms with Crippen LogP contribution in [0, 0.1) is 0 Å². The summed E-state index contributed by atoms with van der Waals surface area (Å²) >= 11 is 5.33. The zero-order valence-electron chi connectivity index (χ0n) is 10.4. The second-order valence-corrected chi connectivity index (χ2v) is 5.82. The molecule has 0 bridgehead atoms. The van der Waals surface area contributed by atoms with E-state index in [9.17, 15) is 0 Å².